The number of hydrogen-bond donors (Lipinski definition) is 0. The summed E-state index contributed by atoms with van der Waals surface area (Å²) in [5, 5.41) is 0. The van der Waals surface area contributed by atoms with E-state index in [0.29, 0.717) is 24.8 Å². The number of ether oxygens (including phenoxy) is 1. The largest absolute Gasteiger partial charge is 0.378 e. The van der Waals surface area contributed by atoms with Crippen molar-refractivity contribution in [3.8, 4) is 0 Å². The second kappa shape index (κ2) is 4.81. The van der Waals surface area contributed by atoms with Gasteiger partial charge in [0.15, 0.2) is 0 Å². The van der Waals surface area contributed by atoms with E-state index in [1.165, 1.54) is 6.07 Å². The number of anilines is 1. The zero-order valence-corrected chi connectivity index (χ0v) is 9.13. The fraction of sp³-hybridized carbons (Fsp3) is 0.455. The van der Waals surface area contributed by atoms with E-state index >= 15 is 0 Å². The van der Waals surface area contributed by atoms with Crippen molar-refractivity contribution in [2.75, 3.05) is 31.2 Å². The molecule has 1 aromatic carbocycles. The number of benzene rings is 1. The van der Waals surface area contributed by atoms with Crippen molar-refractivity contribution in [3.63, 3.8) is 0 Å². The molecule has 15 heavy (non-hydrogen) atoms. The molecule has 0 saturated carbocycles. The first-order chi connectivity index (χ1) is 7.33. The number of hydrogen-bond acceptors (Lipinski definition) is 2. The fourth-order valence-electron chi connectivity index (χ4n) is 1.81. The zero-order valence-electron chi connectivity index (χ0n) is 8.38. The van der Waals surface area contributed by atoms with E-state index in [2.05, 4.69) is 0 Å². The van der Waals surface area contributed by atoms with Crippen LogP contribution in [0.3, 0.4) is 0 Å². The van der Waals surface area contributed by atoms with Gasteiger partial charge in [-0.2, -0.15) is 0 Å². The molecule has 1 fully saturated rings. The number of nitrogens with zero attached hydrogens (tertiary/aromatic N) is 1. The van der Waals surface area contributed by atoms with Crippen LogP contribution >= 0.6 is 11.6 Å². The van der Waals surface area contributed by atoms with Gasteiger partial charge in [0.05, 0.1) is 18.9 Å². The maximum Gasteiger partial charge on any atom is 0.146 e. The van der Waals surface area contributed by atoms with Gasteiger partial charge in [-0.25, -0.2) is 4.39 Å². The first-order valence-corrected chi connectivity index (χ1v) is 5.52. The van der Waals surface area contributed by atoms with Crippen LogP contribution in [0.25, 0.3) is 0 Å². The van der Waals surface area contributed by atoms with Crippen LogP contribution in [0, 0.1) is 5.82 Å². The van der Waals surface area contributed by atoms with Crippen molar-refractivity contribution < 1.29 is 9.13 Å². The summed E-state index contributed by atoms with van der Waals surface area (Å²) in [7, 11) is 0. The van der Waals surface area contributed by atoms with E-state index < -0.39 is 0 Å². The molecule has 0 atom stereocenters. The van der Waals surface area contributed by atoms with Crippen LogP contribution in [0.5, 0.6) is 0 Å². The molecule has 82 valence electrons. The standard InChI is InChI=1S/C11H13ClFNO/c12-8-9-2-1-3-10(13)11(9)14-4-6-15-7-5-14/h1-3H,4-8H2. The van der Waals surface area contributed by atoms with Crippen LogP contribution in [0.15, 0.2) is 18.2 Å². The molecule has 0 N–H and O–H groups in total. The van der Waals surface area contributed by atoms with Gasteiger partial charge >= 0.3 is 0 Å². The van der Waals surface area contributed by atoms with Gasteiger partial charge in [-0.05, 0) is 11.6 Å². The van der Waals surface area contributed by atoms with E-state index in [9.17, 15) is 4.39 Å². The number of para-hydroxylation sites is 1. The van der Waals surface area contributed by atoms with Gasteiger partial charge in [0.25, 0.3) is 0 Å². The number of alkyl halides is 1. The molecule has 1 heterocycles. The Morgan fingerprint density at radius 1 is 1.33 bits per heavy atom. The van der Waals surface area contributed by atoms with E-state index in [1.54, 1.807) is 6.07 Å². The minimum absolute atomic E-state index is 0.199. The van der Waals surface area contributed by atoms with Crippen LogP contribution < -0.4 is 4.90 Å². The average molecular weight is 230 g/mol. The molecular weight excluding hydrogens is 217 g/mol. The summed E-state index contributed by atoms with van der Waals surface area (Å²) >= 11 is 5.80. The van der Waals surface area contributed by atoms with Crippen LogP contribution in [-0.2, 0) is 10.6 Å². The summed E-state index contributed by atoms with van der Waals surface area (Å²) in [5.74, 6) is 0.139. The van der Waals surface area contributed by atoms with Crippen LogP contribution in [0.2, 0.25) is 0 Å². The second-order valence-electron chi connectivity index (χ2n) is 3.48. The highest BCUT2D eigenvalue weighted by Gasteiger charge is 2.17. The Morgan fingerprint density at radius 3 is 2.73 bits per heavy atom. The molecule has 0 amide bonds. The summed E-state index contributed by atoms with van der Waals surface area (Å²) in [5.41, 5.74) is 1.48. The third-order valence-electron chi connectivity index (χ3n) is 2.54. The molecule has 1 aromatic rings. The van der Waals surface area contributed by atoms with Crippen LogP contribution in [0.1, 0.15) is 5.56 Å². The van der Waals surface area contributed by atoms with Crippen molar-refractivity contribution in [2.45, 2.75) is 5.88 Å². The normalized spacial score (nSPS) is 16.8. The molecule has 0 radical (unpaired) electrons. The quantitative estimate of drug-likeness (QED) is 0.723. The van der Waals surface area contributed by atoms with Gasteiger partial charge < -0.3 is 9.64 Å². The Bertz CT molecular complexity index is 339. The smallest absolute Gasteiger partial charge is 0.146 e. The SMILES string of the molecule is Fc1cccc(CCl)c1N1CCOCC1. The van der Waals surface area contributed by atoms with Crippen LogP contribution in [-0.4, -0.2) is 26.3 Å². The minimum Gasteiger partial charge on any atom is -0.378 e. The average Bonchev–Trinajstić information content (AvgIpc) is 2.29. The van der Waals surface area contributed by atoms with E-state index in [-0.39, 0.29) is 5.82 Å². The van der Waals surface area contributed by atoms with Gasteiger partial charge in [-0.15, -0.1) is 11.6 Å². The predicted molar refractivity (Wildman–Crippen MR) is 59.0 cm³/mol. The molecule has 0 aromatic heterocycles. The predicted octanol–water partition coefficient (Wildman–Crippen LogP) is 2.40. The molecule has 2 nitrogen and oxygen atoms in total. The van der Waals surface area contributed by atoms with Crippen molar-refractivity contribution >= 4 is 17.3 Å². The summed E-state index contributed by atoms with van der Waals surface area (Å²) in [4.78, 5) is 2.00. The molecule has 4 heteroatoms. The topological polar surface area (TPSA) is 12.5 Å². The van der Waals surface area contributed by atoms with Gasteiger partial charge in [0, 0.05) is 19.0 Å². The zero-order chi connectivity index (χ0) is 10.7. The number of morpholine rings is 1. The molecule has 1 saturated heterocycles. The minimum atomic E-state index is -0.199. The monoisotopic (exact) mass is 229 g/mol. The van der Waals surface area contributed by atoms with Gasteiger partial charge in [0.2, 0.25) is 0 Å². The molecule has 0 bridgehead atoms. The highest BCUT2D eigenvalue weighted by molar-refractivity contribution is 6.17. The van der Waals surface area contributed by atoms with E-state index in [4.69, 9.17) is 16.3 Å². The Morgan fingerprint density at radius 2 is 2.07 bits per heavy atom. The lowest BCUT2D eigenvalue weighted by molar-refractivity contribution is 0.122. The van der Waals surface area contributed by atoms with Gasteiger partial charge in [0.1, 0.15) is 5.82 Å². The molecule has 0 spiro atoms. The first-order valence-electron chi connectivity index (χ1n) is 4.99. The Labute approximate surface area is 93.6 Å². The summed E-state index contributed by atoms with van der Waals surface area (Å²) < 4.78 is 18.9. The van der Waals surface area contributed by atoms with E-state index in [0.717, 1.165) is 18.7 Å². The lowest BCUT2D eigenvalue weighted by atomic mass is 10.1. The Balaban J connectivity index is 2.31. The molecule has 1 aliphatic rings. The van der Waals surface area contributed by atoms with Crippen molar-refractivity contribution in [1.82, 2.24) is 0 Å². The Kier molecular flexibility index (Phi) is 3.44. The van der Waals surface area contributed by atoms with Crippen LogP contribution in [0.4, 0.5) is 10.1 Å². The van der Waals surface area contributed by atoms with Gasteiger partial charge in [-0.3, -0.25) is 0 Å². The lowest BCUT2D eigenvalue weighted by Crippen LogP contribution is -2.37. The molecule has 1 aliphatic heterocycles. The van der Waals surface area contributed by atoms with E-state index in [1.807, 2.05) is 11.0 Å². The fourth-order valence-corrected chi connectivity index (χ4v) is 2.02. The molecule has 0 unspecified atom stereocenters. The number of rotatable bonds is 2. The summed E-state index contributed by atoms with van der Waals surface area (Å²) in [6.45, 7) is 2.75. The second-order valence-corrected chi connectivity index (χ2v) is 3.75. The molecule has 2 rings (SSSR count). The summed E-state index contributed by atoms with van der Waals surface area (Å²) in [6.07, 6.45) is 0. The lowest BCUT2D eigenvalue weighted by Gasteiger charge is -2.30. The van der Waals surface area contributed by atoms with Crippen molar-refractivity contribution in [1.29, 1.82) is 0 Å². The van der Waals surface area contributed by atoms with Crippen molar-refractivity contribution in [3.05, 3.63) is 29.6 Å². The summed E-state index contributed by atoms with van der Waals surface area (Å²) in [6, 6.07) is 5.03. The number of halogens is 2. The highest BCUT2D eigenvalue weighted by atomic mass is 35.5. The van der Waals surface area contributed by atoms with Gasteiger partial charge in [-0.1, -0.05) is 12.1 Å². The maximum atomic E-state index is 13.7. The Hall–Kier alpha value is -0.800. The maximum absolute atomic E-state index is 13.7. The first kappa shape index (κ1) is 10.7. The highest BCUT2D eigenvalue weighted by Crippen LogP contribution is 2.26. The third-order valence-corrected chi connectivity index (χ3v) is 2.83. The molecular formula is C11H13ClFNO. The third kappa shape index (κ3) is 2.24. The van der Waals surface area contributed by atoms with Crippen molar-refractivity contribution in [2.24, 2.45) is 0 Å². The molecule has 0 aliphatic carbocycles.